The van der Waals surface area contributed by atoms with E-state index < -0.39 is 12.6 Å². The highest BCUT2D eigenvalue weighted by Gasteiger charge is 2.35. The second-order valence-corrected chi connectivity index (χ2v) is 7.49. The molecule has 2 rings (SSSR count). The first-order chi connectivity index (χ1) is 12.7. The van der Waals surface area contributed by atoms with Gasteiger partial charge in [-0.05, 0) is 63.2 Å². The van der Waals surface area contributed by atoms with E-state index in [0.29, 0.717) is 21.6 Å². The number of benzene rings is 1. The minimum Gasteiger partial charge on any atom is -0.493 e. The van der Waals surface area contributed by atoms with Gasteiger partial charge in [-0.2, -0.15) is 0 Å². The largest absolute Gasteiger partial charge is 0.493 e. The SMILES string of the molecule is COc1cc(C=C2SC(=NC(C)C)N(C(C)C)C2=O)ccc1OCC(=O)O. The van der Waals surface area contributed by atoms with Crippen molar-refractivity contribution in [2.45, 2.75) is 39.8 Å². The first-order valence-corrected chi connectivity index (χ1v) is 9.38. The summed E-state index contributed by atoms with van der Waals surface area (Å²) in [6.07, 6.45) is 1.77. The highest BCUT2D eigenvalue weighted by molar-refractivity contribution is 8.18. The van der Waals surface area contributed by atoms with Crippen LogP contribution >= 0.6 is 11.8 Å². The number of hydrogen-bond donors (Lipinski definition) is 1. The summed E-state index contributed by atoms with van der Waals surface area (Å²) in [6, 6.07) is 5.18. The van der Waals surface area contributed by atoms with Crippen LogP contribution in [0.15, 0.2) is 28.1 Å². The molecule has 0 spiro atoms. The Balaban J connectivity index is 2.32. The van der Waals surface area contributed by atoms with Crippen LogP contribution in [-0.4, -0.2) is 52.9 Å². The molecule has 1 aliphatic rings. The van der Waals surface area contributed by atoms with E-state index in [4.69, 9.17) is 14.6 Å². The molecule has 8 heteroatoms. The van der Waals surface area contributed by atoms with E-state index in [1.54, 1.807) is 29.2 Å². The molecule has 1 aromatic rings. The van der Waals surface area contributed by atoms with Gasteiger partial charge in [0.05, 0.1) is 12.0 Å². The standard InChI is InChI=1S/C19H24N2O5S/c1-11(2)20-19-21(12(3)4)18(24)16(27-19)9-13-6-7-14(15(8-13)25-5)26-10-17(22)23/h6-9,11-12H,10H2,1-5H3,(H,22,23). The quantitative estimate of drug-likeness (QED) is 0.717. The first kappa shape index (κ1) is 20.8. The van der Waals surface area contributed by atoms with Crippen LogP contribution in [-0.2, 0) is 9.59 Å². The second kappa shape index (κ2) is 8.94. The molecule has 1 aliphatic heterocycles. The smallest absolute Gasteiger partial charge is 0.341 e. The predicted octanol–water partition coefficient (Wildman–Crippen LogP) is 3.25. The van der Waals surface area contributed by atoms with Crippen molar-refractivity contribution in [1.82, 2.24) is 4.90 Å². The molecule has 0 radical (unpaired) electrons. The number of carboxylic acid groups (broad SMARTS) is 1. The summed E-state index contributed by atoms with van der Waals surface area (Å²) in [7, 11) is 1.48. The molecule has 0 aliphatic carbocycles. The normalized spacial score (nSPS) is 17.4. The first-order valence-electron chi connectivity index (χ1n) is 8.56. The Labute approximate surface area is 163 Å². The summed E-state index contributed by atoms with van der Waals surface area (Å²) in [5.74, 6) is -0.419. The van der Waals surface area contributed by atoms with Gasteiger partial charge < -0.3 is 14.6 Å². The molecule has 1 fully saturated rings. The molecule has 27 heavy (non-hydrogen) atoms. The number of hydrogen-bond acceptors (Lipinski definition) is 6. The van der Waals surface area contributed by atoms with Crippen molar-refractivity contribution in [3.63, 3.8) is 0 Å². The molecule has 1 aromatic carbocycles. The van der Waals surface area contributed by atoms with Crippen molar-refractivity contribution < 1.29 is 24.2 Å². The van der Waals surface area contributed by atoms with E-state index in [1.807, 2.05) is 27.7 Å². The van der Waals surface area contributed by atoms with Gasteiger partial charge >= 0.3 is 5.97 Å². The van der Waals surface area contributed by atoms with Crippen molar-refractivity contribution in [2.24, 2.45) is 4.99 Å². The summed E-state index contributed by atoms with van der Waals surface area (Å²) in [6.45, 7) is 7.39. The number of aliphatic imine (C=N–C) groups is 1. The Hall–Kier alpha value is -2.48. The van der Waals surface area contributed by atoms with E-state index in [-0.39, 0.29) is 18.0 Å². The maximum Gasteiger partial charge on any atom is 0.341 e. The van der Waals surface area contributed by atoms with Crippen LogP contribution in [0.1, 0.15) is 33.3 Å². The van der Waals surface area contributed by atoms with E-state index in [0.717, 1.165) is 5.56 Å². The van der Waals surface area contributed by atoms with Gasteiger partial charge in [0, 0.05) is 12.1 Å². The maximum atomic E-state index is 12.8. The average Bonchev–Trinajstić information content (AvgIpc) is 2.88. The minimum atomic E-state index is -1.07. The van der Waals surface area contributed by atoms with Gasteiger partial charge in [0.1, 0.15) is 0 Å². The number of carbonyl (C=O) groups excluding carboxylic acids is 1. The molecule has 1 heterocycles. The fourth-order valence-electron chi connectivity index (χ4n) is 2.44. The predicted molar refractivity (Wildman–Crippen MR) is 106 cm³/mol. The molecular formula is C19H24N2O5S. The number of amides is 1. The fraction of sp³-hybridized carbons (Fsp3) is 0.421. The lowest BCUT2D eigenvalue weighted by Gasteiger charge is -2.20. The number of aliphatic carboxylic acids is 1. The van der Waals surface area contributed by atoms with Crippen molar-refractivity contribution in [3.8, 4) is 11.5 Å². The third-order valence-corrected chi connectivity index (χ3v) is 4.56. The zero-order valence-corrected chi connectivity index (χ0v) is 16.9. The maximum absolute atomic E-state index is 12.8. The number of ether oxygens (including phenoxy) is 2. The third kappa shape index (κ3) is 5.26. The molecule has 0 saturated carbocycles. The number of methoxy groups -OCH3 is 1. The van der Waals surface area contributed by atoms with Crippen LogP contribution in [0.3, 0.4) is 0 Å². The number of thioether (sulfide) groups is 1. The molecule has 0 unspecified atom stereocenters. The molecular weight excluding hydrogens is 368 g/mol. The monoisotopic (exact) mass is 392 g/mol. The topological polar surface area (TPSA) is 88.4 Å². The zero-order chi connectivity index (χ0) is 20.1. The van der Waals surface area contributed by atoms with E-state index in [9.17, 15) is 9.59 Å². The Morgan fingerprint density at radius 2 is 2.00 bits per heavy atom. The lowest BCUT2D eigenvalue weighted by Crippen LogP contribution is -2.35. The molecule has 146 valence electrons. The highest BCUT2D eigenvalue weighted by Crippen LogP contribution is 2.36. The summed E-state index contributed by atoms with van der Waals surface area (Å²) in [4.78, 5) is 30.3. The van der Waals surface area contributed by atoms with Gasteiger partial charge in [-0.15, -0.1) is 0 Å². The summed E-state index contributed by atoms with van der Waals surface area (Å²) >= 11 is 1.35. The van der Waals surface area contributed by atoms with Gasteiger partial charge in [0.2, 0.25) is 0 Å². The molecule has 7 nitrogen and oxygen atoms in total. The van der Waals surface area contributed by atoms with E-state index >= 15 is 0 Å². The molecule has 1 amide bonds. The van der Waals surface area contributed by atoms with Crippen LogP contribution in [0.25, 0.3) is 6.08 Å². The van der Waals surface area contributed by atoms with E-state index in [2.05, 4.69) is 4.99 Å². The number of rotatable bonds is 7. The van der Waals surface area contributed by atoms with Crippen LogP contribution in [0.5, 0.6) is 11.5 Å². The second-order valence-electron chi connectivity index (χ2n) is 6.48. The molecule has 1 N–H and O–H groups in total. The molecule has 0 atom stereocenters. The summed E-state index contributed by atoms with van der Waals surface area (Å²) in [5.41, 5.74) is 0.750. The Bertz CT molecular complexity index is 786. The Morgan fingerprint density at radius 3 is 2.56 bits per heavy atom. The Kier molecular flexibility index (Phi) is 6.90. The summed E-state index contributed by atoms with van der Waals surface area (Å²) < 4.78 is 10.5. The molecule has 1 saturated heterocycles. The third-order valence-electron chi connectivity index (χ3n) is 3.56. The van der Waals surface area contributed by atoms with Gasteiger partial charge in [-0.25, -0.2) is 4.79 Å². The average molecular weight is 392 g/mol. The molecule has 0 bridgehead atoms. The van der Waals surface area contributed by atoms with Crippen LogP contribution < -0.4 is 9.47 Å². The zero-order valence-electron chi connectivity index (χ0n) is 16.1. The van der Waals surface area contributed by atoms with Gasteiger partial charge in [-0.1, -0.05) is 6.07 Å². The van der Waals surface area contributed by atoms with Crippen molar-refractivity contribution in [1.29, 1.82) is 0 Å². The number of carboxylic acids is 1. The summed E-state index contributed by atoms with van der Waals surface area (Å²) in [5, 5.41) is 9.44. The Morgan fingerprint density at radius 1 is 1.30 bits per heavy atom. The number of amidine groups is 1. The number of nitrogens with zero attached hydrogens (tertiary/aromatic N) is 2. The van der Waals surface area contributed by atoms with Crippen LogP contribution in [0.2, 0.25) is 0 Å². The van der Waals surface area contributed by atoms with Crippen LogP contribution in [0, 0.1) is 0 Å². The fourth-order valence-corrected chi connectivity index (χ4v) is 3.67. The molecule has 0 aromatic heterocycles. The van der Waals surface area contributed by atoms with Gasteiger partial charge in [0.15, 0.2) is 23.3 Å². The van der Waals surface area contributed by atoms with E-state index in [1.165, 1.54) is 18.9 Å². The van der Waals surface area contributed by atoms with Gasteiger partial charge in [0.25, 0.3) is 5.91 Å². The van der Waals surface area contributed by atoms with Crippen molar-refractivity contribution in [3.05, 3.63) is 28.7 Å². The number of carbonyl (C=O) groups is 2. The minimum absolute atomic E-state index is 0.00901. The lowest BCUT2D eigenvalue weighted by atomic mass is 10.1. The highest BCUT2D eigenvalue weighted by atomic mass is 32.2. The van der Waals surface area contributed by atoms with Crippen molar-refractivity contribution >= 4 is 34.9 Å². The van der Waals surface area contributed by atoms with Crippen molar-refractivity contribution in [2.75, 3.05) is 13.7 Å². The van der Waals surface area contributed by atoms with Gasteiger partial charge in [-0.3, -0.25) is 14.7 Å². The lowest BCUT2D eigenvalue weighted by molar-refractivity contribution is -0.139. The van der Waals surface area contributed by atoms with Crippen LogP contribution in [0.4, 0.5) is 0 Å².